The van der Waals surface area contributed by atoms with Crippen LogP contribution < -0.4 is 5.32 Å². The van der Waals surface area contributed by atoms with Crippen LogP contribution in [0.25, 0.3) is 0 Å². The number of alkyl halides is 3. The Morgan fingerprint density at radius 2 is 1.85 bits per heavy atom. The molecule has 110 valence electrons. The van der Waals surface area contributed by atoms with Crippen LogP contribution in [0.1, 0.15) is 25.7 Å². The number of carbonyl (C=O) groups is 1. The fourth-order valence-corrected chi connectivity index (χ4v) is 2.39. The van der Waals surface area contributed by atoms with E-state index < -0.39 is 18.0 Å². The molecule has 1 heterocycles. The Kier molecular flexibility index (Phi) is 4.47. The largest absolute Gasteiger partial charge is 0.391 e. The molecule has 1 saturated carbocycles. The number of carbonyl (C=O) groups excluding carboxylic acids is 1. The first-order chi connectivity index (χ1) is 9.36. The van der Waals surface area contributed by atoms with Crippen LogP contribution in [-0.2, 0) is 4.79 Å². The van der Waals surface area contributed by atoms with E-state index in [0.29, 0.717) is 0 Å². The Bertz CT molecular complexity index is 470. The molecule has 0 unspecified atom stereocenters. The van der Waals surface area contributed by atoms with Crippen molar-refractivity contribution in [3.63, 3.8) is 0 Å². The van der Waals surface area contributed by atoms with Crippen LogP contribution in [0.3, 0.4) is 0 Å². The molecule has 4 nitrogen and oxygen atoms in total. The highest BCUT2D eigenvalue weighted by Crippen LogP contribution is 2.39. The second kappa shape index (κ2) is 5.95. The van der Waals surface area contributed by atoms with Gasteiger partial charge in [0.05, 0.1) is 5.92 Å². The second-order valence-electron chi connectivity index (χ2n) is 4.82. The number of hydrogen-bond acceptors (Lipinski definition) is 3. The van der Waals surface area contributed by atoms with Gasteiger partial charge in [-0.25, -0.2) is 0 Å². The maximum absolute atomic E-state index is 12.5. The van der Waals surface area contributed by atoms with E-state index in [0.717, 1.165) is 0 Å². The molecule has 0 atom stereocenters. The summed E-state index contributed by atoms with van der Waals surface area (Å²) in [4.78, 5) is 11.9. The summed E-state index contributed by atoms with van der Waals surface area (Å²) in [7, 11) is 0. The summed E-state index contributed by atoms with van der Waals surface area (Å²) >= 11 is 5.56. The SMILES string of the molecule is O=C(Nc1ccc(Cl)nn1)C1CCC(C(F)(F)F)CC1. The van der Waals surface area contributed by atoms with Crippen molar-refractivity contribution in [3.05, 3.63) is 17.3 Å². The zero-order valence-corrected chi connectivity index (χ0v) is 11.2. The lowest BCUT2D eigenvalue weighted by atomic mass is 9.81. The molecule has 0 aromatic carbocycles. The maximum atomic E-state index is 12.5. The predicted molar refractivity (Wildman–Crippen MR) is 67.2 cm³/mol. The summed E-state index contributed by atoms with van der Waals surface area (Å²) < 4.78 is 37.6. The third kappa shape index (κ3) is 3.82. The number of rotatable bonds is 2. The second-order valence-corrected chi connectivity index (χ2v) is 5.21. The summed E-state index contributed by atoms with van der Waals surface area (Å²) in [5.41, 5.74) is 0. The minimum absolute atomic E-state index is 0.00607. The highest BCUT2D eigenvalue weighted by atomic mass is 35.5. The van der Waals surface area contributed by atoms with E-state index >= 15 is 0 Å². The zero-order valence-electron chi connectivity index (χ0n) is 10.5. The molecule has 1 N–H and O–H groups in total. The average molecular weight is 308 g/mol. The zero-order chi connectivity index (χ0) is 14.8. The number of amides is 1. The van der Waals surface area contributed by atoms with Crippen molar-refractivity contribution < 1.29 is 18.0 Å². The van der Waals surface area contributed by atoms with Gasteiger partial charge in [0.25, 0.3) is 0 Å². The van der Waals surface area contributed by atoms with Gasteiger partial charge >= 0.3 is 6.18 Å². The van der Waals surface area contributed by atoms with Gasteiger partial charge in [-0.15, -0.1) is 10.2 Å². The van der Waals surface area contributed by atoms with Gasteiger partial charge in [-0.1, -0.05) is 11.6 Å². The van der Waals surface area contributed by atoms with Crippen LogP contribution in [-0.4, -0.2) is 22.3 Å². The fourth-order valence-electron chi connectivity index (χ4n) is 2.29. The summed E-state index contributed by atoms with van der Waals surface area (Å²) in [6.45, 7) is 0. The third-order valence-electron chi connectivity index (χ3n) is 3.44. The van der Waals surface area contributed by atoms with Crippen LogP contribution in [0, 0.1) is 11.8 Å². The molecule has 8 heteroatoms. The smallest absolute Gasteiger partial charge is 0.309 e. The Hall–Kier alpha value is -1.37. The number of halogens is 4. The molecule has 1 aromatic heterocycles. The average Bonchev–Trinajstić information content (AvgIpc) is 2.40. The lowest BCUT2D eigenvalue weighted by Crippen LogP contribution is -2.32. The van der Waals surface area contributed by atoms with Gasteiger partial charge in [-0.05, 0) is 37.8 Å². The van der Waals surface area contributed by atoms with E-state index in [2.05, 4.69) is 15.5 Å². The number of nitrogens with one attached hydrogen (secondary N) is 1. The van der Waals surface area contributed by atoms with Gasteiger partial charge in [0.2, 0.25) is 5.91 Å². The highest BCUT2D eigenvalue weighted by molar-refractivity contribution is 6.29. The molecule has 1 aromatic rings. The van der Waals surface area contributed by atoms with Crippen molar-refractivity contribution >= 4 is 23.3 Å². The molecule has 1 fully saturated rings. The Morgan fingerprint density at radius 3 is 2.35 bits per heavy atom. The monoisotopic (exact) mass is 307 g/mol. The quantitative estimate of drug-likeness (QED) is 0.910. The van der Waals surface area contributed by atoms with Crippen molar-refractivity contribution in [3.8, 4) is 0 Å². The molecule has 0 aliphatic heterocycles. The molecule has 20 heavy (non-hydrogen) atoms. The first-order valence-electron chi connectivity index (χ1n) is 6.23. The van der Waals surface area contributed by atoms with Gasteiger partial charge in [0, 0.05) is 5.92 Å². The molecule has 0 saturated heterocycles. The fraction of sp³-hybridized carbons (Fsp3) is 0.583. The topological polar surface area (TPSA) is 54.9 Å². The number of aromatic nitrogens is 2. The minimum Gasteiger partial charge on any atom is -0.309 e. The Morgan fingerprint density at radius 1 is 1.20 bits per heavy atom. The van der Waals surface area contributed by atoms with Crippen LogP contribution in [0.5, 0.6) is 0 Å². The molecular weight excluding hydrogens is 295 g/mol. The molecule has 1 aliphatic rings. The summed E-state index contributed by atoms with van der Waals surface area (Å²) in [6, 6.07) is 2.97. The van der Waals surface area contributed by atoms with Crippen molar-refractivity contribution in [1.82, 2.24) is 10.2 Å². The third-order valence-corrected chi connectivity index (χ3v) is 3.65. The van der Waals surface area contributed by atoms with Crippen molar-refractivity contribution in [1.29, 1.82) is 0 Å². The summed E-state index contributed by atoms with van der Waals surface area (Å²) in [5.74, 6) is -1.77. The van der Waals surface area contributed by atoms with E-state index in [4.69, 9.17) is 11.6 Å². The van der Waals surface area contributed by atoms with E-state index in [9.17, 15) is 18.0 Å². The first kappa shape index (κ1) is 15.0. The van der Waals surface area contributed by atoms with Crippen LogP contribution in [0.2, 0.25) is 5.15 Å². The van der Waals surface area contributed by atoms with Crippen molar-refractivity contribution in [2.24, 2.45) is 11.8 Å². The van der Waals surface area contributed by atoms with Crippen molar-refractivity contribution in [2.75, 3.05) is 5.32 Å². The van der Waals surface area contributed by atoms with E-state index in [1.165, 1.54) is 12.1 Å². The standard InChI is InChI=1S/C12H13ClF3N3O/c13-9-5-6-10(19-18-9)17-11(20)7-1-3-8(4-2-7)12(14,15)16/h5-8H,1-4H2,(H,17,19,20). The van der Waals surface area contributed by atoms with Gasteiger partial charge in [0.15, 0.2) is 11.0 Å². The normalized spacial score (nSPS) is 23.4. The molecule has 1 amide bonds. The molecule has 2 rings (SSSR count). The number of anilines is 1. The highest BCUT2D eigenvalue weighted by Gasteiger charge is 2.42. The molecule has 1 aliphatic carbocycles. The van der Waals surface area contributed by atoms with Gasteiger partial charge < -0.3 is 5.32 Å². The number of hydrogen-bond donors (Lipinski definition) is 1. The molecule has 0 spiro atoms. The van der Waals surface area contributed by atoms with E-state index in [1.807, 2.05) is 0 Å². The maximum Gasteiger partial charge on any atom is 0.391 e. The lowest BCUT2D eigenvalue weighted by Gasteiger charge is -2.28. The minimum atomic E-state index is -4.16. The van der Waals surface area contributed by atoms with Gasteiger partial charge in [-0.2, -0.15) is 13.2 Å². The summed E-state index contributed by atoms with van der Waals surface area (Å²) in [5, 5.41) is 9.99. The van der Waals surface area contributed by atoms with E-state index in [-0.39, 0.29) is 42.6 Å². The lowest BCUT2D eigenvalue weighted by molar-refractivity contribution is -0.184. The molecule has 0 radical (unpaired) electrons. The first-order valence-corrected chi connectivity index (χ1v) is 6.61. The predicted octanol–water partition coefficient (Wildman–Crippen LogP) is 3.44. The van der Waals surface area contributed by atoms with Crippen LogP contribution >= 0.6 is 11.6 Å². The molecule has 0 bridgehead atoms. The van der Waals surface area contributed by atoms with Crippen LogP contribution in [0.4, 0.5) is 19.0 Å². The Labute approximate surface area is 118 Å². The number of nitrogens with zero attached hydrogens (tertiary/aromatic N) is 2. The van der Waals surface area contributed by atoms with Crippen molar-refractivity contribution in [2.45, 2.75) is 31.9 Å². The summed E-state index contributed by atoms with van der Waals surface area (Å²) in [6.07, 6.45) is -3.71. The van der Waals surface area contributed by atoms with E-state index in [1.54, 1.807) is 0 Å². The Balaban J connectivity index is 1.87. The molecular formula is C12H13ClF3N3O. The van der Waals surface area contributed by atoms with Gasteiger partial charge in [0.1, 0.15) is 0 Å². The van der Waals surface area contributed by atoms with Crippen LogP contribution in [0.15, 0.2) is 12.1 Å². The van der Waals surface area contributed by atoms with Gasteiger partial charge in [-0.3, -0.25) is 4.79 Å².